The molecule has 3 nitrogen and oxygen atoms in total. The van der Waals surface area contributed by atoms with Crippen LogP contribution in [0.1, 0.15) is 11.1 Å². The number of benzene rings is 2. The number of aliphatic hydroxyl groups is 1. The predicted molar refractivity (Wildman–Crippen MR) is 98.4 cm³/mol. The van der Waals surface area contributed by atoms with Gasteiger partial charge < -0.3 is 9.67 Å². The average Bonchev–Trinajstić information content (AvgIpc) is 2.96. The first-order valence-electron chi connectivity index (χ1n) is 8.40. The zero-order valence-electron chi connectivity index (χ0n) is 13.5. The Hall–Kier alpha value is -1.81. The van der Waals surface area contributed by atoms with Crippen molar-refractivity contribution in [3.8, 4) is 0 Å². The lowest BCUT2D eigenvalue weighted by atomic mass is 10.00. The summed E-state index contributed by atoms with van der Waals surface area (Å²) in [4.78, 5) is 2.34. The van der Waals surface area contributed by atoms with Crippen LogP contribution < -0.4 is 0 Å². The van der Waals surface area contributed by atoms with E-state index in [4.69, 9.17) is 11.6 Å². The third kappa shape index (κ3) is 3.20. The SMILES string of the molecule is O[C@H](CN1CCc2ccccc2C1)Cn1ccc2cc(Cl)ccc21. The number of fused-ring (bicyclic) bond motifs is 2. The molecule has 1 aliphatic heterocycles. The first-order chi connectivity index (χ1) is 11.7. The maximum Gasteiger partial charge on any atom is 0.0845 e. The van der Waals surface area contributed by atoms with E-state index in [1.807, 2.05) is 30.5 Å². The van der Waals surface area contributed by atoms with E-state index in [-0.39, 0.29) is 6.10 Å². The molecule has 0 saturated heterocycles. The van der Waals surface area contributed by atoms with E-state index in [2.05, 4.69) is 33.7 Å². The molecule has 0 amide bonds. The van der Waals surface area contributed by atoms with Crippen LogP contribution in [0.5, 0.6) is 0 Å². The Morgan fingerprint density at radius 1 is 1.04 bits per heavy atom. The second-order valence-electron chi connectivity index (χ2n) is 6.58. The lowest BCUT2D eigenvalue weighted by Gasteiger charge is -2.30. The van der Waals surface area contributed by atoms with Gasteiger partial charge in [-0.05, 0) is 41.8 Å². The number of aromatic nitrogens is 1. The molecule has 0 aliphatic carbocycles. The van der Waals surface area contributed by atoms with Crippen LogP contribution in [-0.4, -0.2) is 33.8 Å². The van der Waals surface area contributed by atoms with Gasteiger partial charge in [0.05, 0.1) is 6.10 Å². The molecular formula is C20H21ClN2O. The summed E-state index contributed by atoms with van der Waals surface area (Å²) in [7, 11) is 0. The highest BCUT2D eigenvalue weighted by atomic mass is 35.5. The Morgan fingerprint density at radius 2 is 1.88 bits per heavy atom. The van der Waals surface area contributed by atoms with Crippen molar-refractivity contribution in [2.75, 3.05) is 13.1 Å². The van der Waals surface area contributed by atoms with Gasteiger partial charge in [0.15, 0.2) is 0 Å². The first-order valence-corrected chi connectivity index (χ1v) is 8.78. The summed E-state index contributed by atoms with van der Waals surface area (Å²) in [5.41, 5.74) is 3.94. The van der Waals surface area contributed by atoms with Crippen LogP contribution in [0.15, 0.2) is 54.7 Å². The lowest BCUT2D eigenvalue weighted by molar-refractivity contribution is 0.0928. The van der Waals surface area contributed by atoms with Crippen LogP contribution in [0.2, 0.25) is 5.02 Å². The fourth-order valence-electron chi connectivity index (χ4n) is 3.62. The molecule has 2 heterocycles. The first kappa shape index (κ1) is 15.7. The van der Waals surface area contributed by atoms with Crippen LogP contribution in [0.3, 0.4) is 0 Å². The van der Waals surface area contributed by atoms with Crippen LogP contribution >= 0.6 is 11.6 Å². The van der Waals surface area contributed by atoms with Gasteiger partial charge in [-0.1, -0.05) is 35.9 Å². The monoisotopic (exact) mass is 340 g/mol. The quantitative estimate of drug-likeness (QED) is 0.784. The number of rotatable bonds is 4. The van der Waals surface area contributed by atoms with E-state index in [1.165, 1.54) is 11.1 Å². The van der Waals surface area contributed by atoms with Crippen molar-refractivity contribution in [1.82, 2.24) is 9.47 Å². The summed E-state index contributed by atoms with van der Waals surface area (Å²) in [6, 6.07) is 16.5. The van der Waals surface area contributed by atoms with Crippen molar-refractivity contribution in [3.05, 3.63) is 70.9 Å². The third-order valence-electron chi connectivity index (χ3n) is 4.82. The molecule has 124 valence electrons. The third-order valence-corrected chi connectivity index (χ3v) is 5.05. The Morgan fingerprint density at radius 3 is 2.75 bits per heavy atom. The Bertz CT molecular complexity index is 858. The van der Waals surface area contributed by atoms with E-state index in [1.54, 1.807) is 0 Å². The highest BCUT2D eigenvalue weighted by Crippen LogP contribution is 2.22. The van der Waals surface area contributed by atoms with E-state index < -0.39 is 0 Å². The highest BCUT2D eigenvalue weighted by Gasteiger charge is 2.18. The minimum absolute atomic E-state index is 0.387. The van der Waals surface area contributed by atoms with Crippen molar-refractivity contribution in [2.45, 2.75) is 25.6 Å². The number of halogens is 1. The van der Waals surface area contributed by atoms with Crippen LogP contribution in [0, 0.1) is 0 Å². The van der Waals surface area contributed by atoms with Gasteiger partial charge in [0.25, 0.3) is 0 Å². The summed E-state index contributed by atoms with van der Waals surface area (Å²) in [5.74, 6) is 0. The maximum absolute atomic E-state index is 10.5. The Labute approximate surface area is 147 Å². The van der Waals surface area contributed by atoms with Gasteiger partial charge in [0.2, 0.25) is 0 Å². The van der Waals surface area contributed by atoms with Crippen molar-refractivity contribution in [3.63, 3.8) is 0 Å². The summed E-state index contributed by atoms with van der Waals surface area (Å²) in [6.45, 7) is 3.23. The standard InChI is InChI=1S/C20H21ClN2O/c21-18-5-6-20-16(11-18)8-10-23(20)14-19(24)13-22-9-7-15-3-1-2-4-17(15)12-22/h1-6,8,10-11,19,24H,7,9,12-14H2/t19-/m1/s1. The zero-order valence-corrected chi connectivity index (χ0v) is 14.3. The van der Waals surface area contributed by atoms with Crippen molar-refractivity contribution >= 4 is 22.5 Å². The van der Waals surface area contributed by atoms with Gasteiger partial charge in [-0.2, -0.15) is 0 Å². The van der Waals surface area contributed by atoms with Gasteiger partial charge in [-0.15, -0.1) is 0 Å². The molecule has 1 aromatic heterocycles. The maximum atomic E-state index is 10.5. The highest BCUT2D eigenvalue weighted by molar-refractivity contribution is 6.31. The van der Waals surface area contributed by atoms with Gasteiger partial charge in [0, 0.05) is 48.3 Å². The molecule has 0 saturated carbocycles. The summed E-state index contributed by atoms with van der Waals surface area (Å²) >= 11 is 6.04. The number of hydrogen-bond donors (Lipinski definition) is 1. The number of nitrogens with zero attached hydrogens (tertiary/aromatic N) is 2. The molecule has 4 rings (SSSR count). The van der Waals surface area contributed by atoms with Crippen LogP contribution in [-0.2, 0) is 19.5 Å². The van der Waals surface area contributed by atoms with E-state index >= 15 is 0 Å². The minimum Gasteiger partial charge on any atom is -0.390 e. The normalized spacial score (nSPS) is 16.2. The zero-order chi connectivity index (χ0) is 16.5. The molecule has 0 spiro atoms. The van der Waals surface area contributed by atoms with Gasteiger partial charge in [-0.25, -0.2) is 0 Å². The smallest absolute Gasteiger partial charge is 0.0845 e. The number of β-amino-alcohol motifs (C(OH)–C–C–N with tert-alkyl or cyclic N) is 1. The number of hydrogen-bond acceptors (Lipinski definition) is 2. The molecular weight excluding hydrogens is 320 g/mol. The molecule has 4 heteroatoms. The van der Waals surface area contributed by atoms with Crippen LogP contribution in [0.4, 0.5) is 0 Å². The molecule has 1 atom stereocenters. The van der Waals surface area contributed by atoms with E-state index in [0.29, 0.717) is 13.1 Å². The molecule has 1 aliphatic rings. The lowest BCUT2D eigenvalue weighted by Crippen LogP contribution is -2.38. The molecule has 0 fully saturated rings. The van der Waals surface area contributed by atoms with Gasteiger partial charge >= 0.3 is 0 Å². The molecule has 24 heavy (non-hydrogen) atoms. The second-order valence-corrected chi connectivity index (χ2v) is 7.02. The number of aliphatic hydroxyl groups excluding tert-OH is 1. The summed E-state index contributed by atoms with van der Waals surface area (Å²) in [6.07, 6.45) is 2.70. The topological polar surface area (TPSA) is 28.4 Å². The fourth-order valence-corrected chi connectivity index (χ4v) is 3.80. The molecule has 2 aromatic carbocycles. The van der Waals surface area contributed by atoms with Crippen molar-refractivity contribution in [1.29, 1.82) is 0 Å². The predicted octanol–water partition coefficient (Wildman–Crippen LogP) is 3.71. The molecule has 0 unspecified atom stereocenters. The van der Waals surface area contributed by atoms with Gasteiger partial charge in [0.1, 0.15) is 0 Å². The Balaban J connectivity index is 1.42. The summed E-state index contributed by atoms with van der Waals surface area (Å²) < 4.78 is 2.11. The average molecular weight is 341 g/mol. The van der Waals surface area contributed by atoms with E-state index in [0.717, 1.165) is 35.4 Å². The molecule has 1 N–H and O–H groups in total. The molecule has 0 bridgehead atoms. The molecule has 0 radical (unpaired) electrons. The summed E-state index contributed by atoms with van der Waals surface area (Å²) in [5, 5.41) is 12.4. The largest absolute Gasteiger partial charge is 0.390 e. The Kier molecular flexibility index (Phi) is 4.31. The van der Waals surface area contributed by atoms with Gasteiger partial charge in [-0.3, -0.25) is 4.90 Å². The van der Waals surface area contributed by atoms with E-state index in [9.17, 15) is 5.11 Å². The van der Waals surface area contributed by atoms with Crippen LogP contribution in [0.25, 0.3) is 10.9 Å². The fraction of sp³-hybridized carbons (Fsp3) is 0.300. The minimum atomic E-state index is -0.387. The van der Waals surface area contributed by atoms with Crippen molar-refractivity contribution < 1.29 is 5.11 Å². The van der Waals surface area contributed by atoms with Crippen molar-refractivity contribution in [2.24, 2.45) is 0 Å². The molecule has 3 aromatic rings. The second kappa shape index (κ2) is 6.60.